The van der Waals surface area contributed by atoms with Crippen LogP contribution in [0.5, 0.6) is 0 Å². The molecule has 0 rings (SSSR count). The van der Waals surface area contributed by atoms with Gasteiger partial charge in [-0.1, -0.05) is 0 Å². The molecule has 0 aromatic carbocycles. The number of carbonyl (C=O) groups excluding carboxylic acids is 2. The molecular weight excluding hydrogens is 250 g/mol. The summed E-state index contributed by atoms with van der Waals surface area (Å²) in [6.07, 6.45) is 0.501. The van der Waals surface area contributed by atoms with Crippen LogP contribution in [-0.4, -0.2) is 42.0 Å². The molecule has 2 N–H and O–H groups in total. The van der Waals surface area contributed by atoms with Crippen LogP contribution in [-0.2, 0) is 14.3 Å². The van der Waals surface area contributed by atoms with E-state index in [0.717, 1.165) is 0 Å². The number of hydrogen-bond acceptors (Lipinski definition) is 5. The van der Waals surface area contributed by atoms with E-state index in [1.165, 1.54) is 0 Å². The van der Waals surface area contributed by atoms with Crippen LogP contribution in [0.15, 0.2) is 0 Å². The molecule has 19 heavy (non-hydrogen) atoms. The van der Waals surface area contributed by atoms with E-state index in [2.05, 4.69) is 5.32 Å². The Bertz CT molecular complexity index is 285. The van der Waals surface area contributed by atoms with Gasteiger partial charge in [-0.05, 0) is 40.5 Å². The summed E-state index contributed by atoms with van der Waals surface area (Å²) in [7, 11) is 0. The number of nitrogens with one attached hydrogen (secondary N) is 1. The number of aliphatic hydroxyl groups is 1. The molecular formula is C13H25NO5. The van der Waals surface area contributed by atoms with Crippen LogP contribution in [0, 0.1) is 0 Å². The molecule has 0 heterocycles. The summed E-state index contributed by atoms with van der Waals surface area (Å²) < 4.78 is 9.97. The van der Waals surface area contributed by atoms with Gasteiger partial charge in [-0.2, -0.15) is 0 Å². The van der Waals surface area contributed by atoms with Crippen LogP contribution in [0.3, 0.4) is 0 Å². The Hall–Kier alpha value is -1.30. The van der Waals surface area contributed by atoms with Crippen molar-refractivity contribution in [3.63, 3.8) is 0 Å². The van der Waals surface area contributed by atoms with Crippen molar-refractivity contribution in [2.45, 2.75) is 58.6 Å². The lowest BCUT2D eigenvalue weighted by Gasteiger charge is -2.23. The number of esters is 1. The summed E-state index contributed by atoms with van der Waals surface area (Å²) in [6, 6.07) is -0.388. The quantitative estimate of drug-likeness (QED) is 0.689. The van der Waals surface area contributed by atoms with Crippen molar-refractivity contribution in [3.8, 4) is 0 Å². The molecule has 0 fully saturated rings. The Kier molecular flexibility index (Phi) is 8.14. The number of aliphatic hydroxyl groups excluding tert-OH is 1. The molecule has 0 spiro atoms. The molecule has 0 aromatic rings. The minimum absolute atomic E-state index is 0.00925. The van der Waals surface area contributed by atoms with Crippen molar-refractivity contribution in [2.75, 3.05) is 13.2 Å². The second kappa shape index (κ2) is 8.74. The van der Waals surface area contributed by atoms with Crippen LogP contribution < -0.4 is 5.32 Å². The van der Waals surface area contributed by atoms with Crippen molar-refractivity contribution in [3.05, 3.63) is 0 Å². The van der Waals surface area contributed by atoms with Gasteiger partial charge < -0.3 is 19.9 Å². The van der Waals surface area contributed by atoms with Crippen molar-refractivity contribution in [1.29, 1.82) is 0 Å². The molecule has 0 radical (unpaired) electrons. The Morgan fingerprint density at radius 1 is 1.32 bits per heavy atom. The Balaban J connectivity index is 4.33. The van der Waals surface area contributed by atoms with Crippen LogP contribution >= 0.6 is 0 Å². The zero-order valence-corrected chi connectivity index (χ0v) is 12.2. The maximum atomic E-state index is 11.6. The number of alkyl carbamates (subject to hydrolysis) is 1. The first kappa shape index (κ1) is 17.7. The van der Waals surface area contributed by atoms with Gasteiger partial charge in [0.2, 0.25) is 0 Å². The molecule has 6 heteroatoms. The highest BCUT2D eigenvalue weighted by Crippen LogP contribution is 2.09. The van der Waals surface area contributed by atoms with Gasteiger partial charge in [0.25, 0.3) is 0 Å². The van der Waals surface area contributed by atoms with E-state index in [0.29, 0.717) is 19.4 Å². The predicted octanol–water partition coefficient (Wildman–Crippen LogP) is 1.61. The highest BCUT2D eigenvalue weighted by Gasteiger charge is 2.21. The summed E-state index contributed by atoms with van der Waals surface area (Å²) >= 11 is 0. The number of hydrogen-bond donors (Lipinski definition) is 2. The first-order valence-electron chi connectivity index (χ1n) is 6.54. The van der Waals surface area contributed by atoms with E-state index in [9.17, 15) is 9.59 Å². The highest BCUT2D eigenvalue weighted by atomic mass is 16.6. The van der Waals surface area contributed by atoms with E-state index in [-0.39, 0.29) is 25.0 Å². The third-order valence-electron chi connectivity index (χ3n) is 2.15. The van der Waals surface area contributed by atoms with Gasteiger partial charge in [-0.3, -0.25) is 4.79 Å². The monoisotopic (exact) mass is 275 g/mol. The van der Waals surface area contributed by atoms with Gasteiger partial charge in [0.15, 0.2) is 0 Å². The fourth-order valence-corrected chi connectivity index (χ4v) is 1.46. The molecule has 0 saturated carbocycles. The van der Waals surface area contributed by atoms with E-state index >= 15 is 0 Å². The molecule has 6 nitrogen and oxygen atoms in total. The number of ether oxygens (including phenoxy) is 2. The van der Waals surface area contributed by atoms with Crippen LogP contribution in [0.25, 0.3) is 0 Å². The summed E-state index contributed by atoms with van der Waals surface area (Å²) in [6.45, 7) is 7.33. The van der Waals surface area contributed by atoms with Crippen LogP contribution in [0.1, 0.15) is 47.0 Å². The lowest BCUT2D eigenvalue weighted by atomic mass is 10.1. The molecule has 0 aliphatic rings. The largest absolute Gasteiger partial charge is 0.466 e. The summed E-state index contributed by atoms with van der Waals surface area (Å²) in [5.74, 6) is -0.374. The van der Waals surface area contributed by atoms with E-state index < -0.39 is 11.7 Å². The number of carbonyl (C=O) groups is 2. The lowest BCUT2D eigenvalue weighted by molar-refractivity contribution is -0.143. The Morgan fingerprint density at radius 3 is 2.42 bits per heavy atom. The molecule has 0 aliphatic carbocycles. The van der Waals surface area contributed by atoms with Crippen molar-refractivity contribution in [1.82, 2.24) is 5.32 Å². The highest BCUT2D eigenvalue weighted by molar-refractivity contribution is 5.72. The van der Waals surface area contributed by atoms with Gasteiger partial charge in [0, 0.05) is 12.6 Å². The zero-order valence-electron chi connectivity index (χ0n) is 12.2. The van der Waals surface area contributed by atoms with Crippen molar-refractivity contribution in [2.24, 2.45) is 0 Å². The number of amides is 1. The number of rotatable bonds is 7. The minimum Gasteiger partial charge on any atom is -0.466 e. The third kappa shape index (κ3) is 10.3. The average molecular weight is 275 g/mol. The normalized spacial score (nSPS) is 12.7. The van der Waals surface area contributed by atoms with Gasteiger partial charge in [-0.25, -0.2) is 4.79 Å². The SMILES string of the molecule is CCOC(=O)C[C@H](CCCO)NC(=O)OC(C)(C)C. The minimum atomic E-state index is -0.588. The lowest BCUT2D eigenvalue weighted by Crippen LogP contribution is -2.40. The standard InChI is InChI=1S/C13H25NO5/c1-5-18-11(16)9-10(7-6-8-15)14-12(17)19-13(2,3)4/h10,15H,5-9H2,1-4H3,(H,14,17)/t10-/m0/s1. The second-order valence-corrected chi connectivity index (χ2v) is 5.22. The Labute approximate surface area is 114 Å². The molecule has 0 unspecified atom stereocenters. The van der Waals surface area contributed by atoms with Gasteiger partial charge >= 0.3 is 12.1 Å². The Morgan fingerprint density at radius 2 is 1.95 bits per heavy atom. The topological polar surface area (TPSA) is 84.9 Å². The maximum Gasteiger partial charge on any atom is 0.407 e. The first-order valence-corrected chi connectivity index (χ1v) is 6.54. The van der Waals surface area contributed by atoms with Crippen LogP contribution in [0.2, 0.25) is 0 Å². The van der Waals surface area contributed by atoms with Gasteiger partial charge in [0.1, 0.15) is 5.60 Å². The fraction of sp³-hybridized carbons (Fsp3) is 0.846. The maximum absolute atomic E-state index is 11.6. The summed E-state index contributed by atoms with van der Waals surface area (Å²) in [4.78, 5) is 23.0. The van der Waals surface area contributed by atoms with Gasteiger partial charge in [-0.15, -0.1) is 0 Å². The predicted molar refractivity (Wildman–Crippen MR) is 70.7 cm³/mol. The zero-order chi connectivity index (χ0) is 14.9. The van der Waals surface area contributed by atoms with Crippen molar-refractivity contribution < 1.29 is 24.2 Å². The summed E-state index contributed by atoms with van der Waals surface area (Å²) in [5.41, 5.74) is -0.588. The molecule has 0 bridgehead atoms. The molecule has 0 aliphatic heterocycles. The molecule has 0 aromatic heterocycles. The van der Waals surface area contributed by atoms with E-state index in [1.807, 2.05) is 0 Å². The fourth-order valence-electron chi connectivity index (χ4n) is 1.46. The van der Waals surface area contributed by atoms with E-state index in [1.54, 1.807) is 27.7 Å². The average Bonchev–Trinajstić information content (AvgIpc) is 2.23. The first-order chi connectivity index (χ1) is 8.78. The van der Waals surface area contributed by atoms with Crippen LogP contribution in [0.4, 0.5) is 4.79 Å². The summed E-state index contributed by atoms with van der Waals surface area (Å²) in [5, 5.41) is 11.4. The smallest absolute Gasteiger partial charge is 0.407 e. The van der Waals surface area contributed by atoms with E-state index in [4.69, 9.17) is 14.6 Å². The molecule has 1 amide bonds. The molecule has 112 valence electrons. The van der Waals surface area contributed by atoms with Gasteiger partial charge in [0.05, 0.1) is 13.0 Å². The molecule has 0 saturated heterocycles. The second-order valence-electron chi connectivity index (χ2n) is 5.22. The third-order valence-corrected chi connectivity index (χ3v) is 2.15. The molecule has 1 atom stereocenters. The van der Waals surface area contributed by atoms with Crippen molar-refractivity contribution >= 4 is 12.1 Å².